The van der Waals surface area contributed by atoms with Crippen LogP contribution >= 0.6 is 0 Å². The molecule has 1 heterocycles. The van der Waals surface area contributed by atoms with Crippen LogP contribution in [0.25, 0.3) is 6.08 Å². The van der Waals surface area contributed by atoms with Crippen molar-refractivity contribution in [1.82, 2.24) is 0 Å². The molecule has 0 unspecified atom stereocenters. The first-order valence-electron chi connectivity index (χ1n) is 4.09. The van der Waals surface area contributed by atoms with Crippen LogP contribution < -0.4 is 0 Å². The minimum Gasteiger partial charge on any atom is -0.472 e. The summed E-state index contributed by atoms with van der Waals surface area (Å²) in [7, 11) is 0. The van der Waals surface area contributed by atoms with Crippen LogP contribution in [0.5, 0.6) is 0 Å². The quantitative estimate of drug-likeness (QED) is 0.527. The number of esters is 1. The fourth-order valence-electron chi connectivity index (χ4n) is 0.746. The van der Waals surface area contributed by atoms with E-state index in [0.717, 1.165) is 5.56 Å². The van der Waals surface area contributed by atoms with Crippen LogP contribution in [-0.4, -0.2) is 12.6 Å². The predicted octanol–water partition coefficient (Wildman–Crippen LogP) is 1.86. The van der Waals surface area contributed by atoms with E-state index in [4.69, 9.17) is 4.42 Å². The number of hydrogen-bond donors (Lipinski definition) is 0. The van der Waals surface area contributed by atoms with Gasteiger partial charge >= 0.3 is 5.97 Å². The van der Waals surface area contributed by atoms with Crippen molar-refractivity contribution in [1.29, 1.82) is 0 Å². The van der Waals surface area contributed by atoms with Crippen LogP contribution in [0.1, 0.15) is 12.5 Å². The molecule has 1 aromatic rings. The van der Waals surface area contributed by atoms with Gasteiger partial charge < -0.3 is 9.15 Å². The van der Waals surface area contributed by atoms with Gasteiger partial charge in [-0.25, -0.2) is 0 Å². The van der Waals surface area contributed by atoms with Gasteiger partial charge in [0, 0.05) is 12.5 Å². The third-order valence-corrected chi connectivity index (χ3v) is 1.35. The van der Waals surface area contributed by atoms with Crippen molar-refractivity contribution in [2.75, 3.05) is 6.61 Å². The predicted molar refractivity (Wildman–Crippen MR) is 52.2 cm³/mol. The summed E-state index contributed by atoms with van der Waals surface area (Å²) >= 11 is 0. The van der Waals surface area contributed by atoms with E-state index < -0.39 is 0 Å². The van der Waals surface area contributed by atoms with E-state index in [1.165, 1.54) is 6.92 Å². The first kappa shape index (κ1) is 10.1. The van der Waals surface area contributed by atoms with Crippen LogP contribution in [0.2, 0.25) is 0 Å². The van der Waals surface area contributed by atoms with Gasteiger partial charge in [-0.15, -0.1) is 0 Å². The molecule has 0 saturated carbocycles. The molecular weight excluding hydrogens is 180 g/mol. The molecule has 0 radical (unpaired) electrons. The zero-order valence-corrected chi connectivity index (χ0v) is 7.82. The van der Waals surface area contributed by atoms with E-state index in [-0.39, 0.29) is 12.6 Å². The number of hydrogen-bond acceptors (Lipinski definition) is 3. The van der Waals surface area contributed by atoms with Crippen molar-refractivity contribution >= 4 is 12.0 Å². The van der Waals surface area contributed by atoms with Crippen molar-refractivity contribution in [2.24, 2.45) is 0 Å². The van der Waals surface area contributed by atoms with Crippen molar-refractivity contribution < 1.29 is 13.9 Å². The summed E-state index contributed by atoms with van der Waals surface area (Å²) in [5.41, 5.74) is 0.951. The Balaban J connectivity index is 2.29. The molecule has 0 fully saturated rings. The van der Waals surface area contributed by atoms with Gasteiger partial charge in [0.15, 0.2) is 6.61 Å². The zero-order chi connectivity index (χ0) is 10.2. The molecule has 1 aromatic heterocycles. The van der Waals surface area contributed by atoms with Crippen molar-refractivity contribution in [2.45, 2.75) is 6.92 Å². The lowest BCUT2D eigenvalue weighted by molar-refractivity contribution is -0.139. The molecule has 0 aromatic carbocycles. The Labute approximate surface area is 82.4 Å². The average molecular weight is 190 g/mol. The van der Waals surface area contributed by atoms with Crippen LogP contribution in [0, 0.1) is 11.8 Å². The minimum absolute atomic E-state index is 0.130. The molecule has 0 saturated heterocycles. The maximum atomic E-state index is 10.3. The van der Waals surface area contributed by atoms with Crippen LogP contribution in [-0.2, 0) is 9.53 Å². The van der Waals surface area contributed by atoms with E-state index in [9.17, 15) is 4.79 Å². The molecule has 0 aliphatic heterocycles. The molecule has 1 rings (SSSR count). The monoisotopic (exact) mass is 190 g/mol. The number of ether oxygens (including phenoxy) is 1. The van der Waals surface area contributed by atoms with Gasteiger partial charge in [-0.3, -0.25) is 4.79 Å². The standard InChI is InChI=1S/C11H10O3/c1-10(12)14-7-4-2-3-5-11-6-8-13-9-11/h3,5-6,8-9H,7H2,1H3/b5-3-. The largest absolute Gasteiger partial charge is 0.472 e. The van der Waals surface area contributed by atoms with Gasteiger partial charge in [-0.2, -0.15) is 0 Å². The Bertz CT molecular complexity index is 363. The molecule has 0 spiro atoms. The average Bonchev–Trinajstić information content (AvgIpc) is 2.63. The van der Waals surface area contributed by atoms with E-state index in [1.54, 1.807) is 18.6 Å². The molecule has 0 bridgehead atoms. The highest BCUT2D eigenvalue weighted by atomic mass is 16.5. The van der Waals surface area contributed by atoms with E-state index in [0.29, 0.717) is 0 Å². The molecule has 14 heavy (non-hydrogen) atoms. The Morgan fingerprint density at radius 2 is 2.57 bits per heavy atom. The van der Waals surface area contributed by atoms with E-state index >= 15 is 0 Å². The Kier molecular flexibility index (Phi) is 4.09. The fourth-order valence-corrected chi connectivity index (χ4v) is 0.746. The third kappa shape index (κ3) is 4.17. The molecule has 3 nitrogen and oxygen atoms in total. The number of rotatable bonds is 2. The summed E-state index contributed by atoms with van der Waals surface area (Å²) in [6, 6.07) is 1.82. The highest BCUT2D eigenvalue weighted by Crippen LogP contribution is 2.00. The van der Waals surface area contributed by atoms with Crippen LogP contribution in [0.4, 0.5) is 0 Å². The smallest absolute Gasteiger partial charge is 0.303 e. The maximum absolute atomic E-state index is 10.3. The van der Waals surface area contributed by atoms with Gasteiger partial charge in [0.2, 0.25) is 0 Å². The molecule has 0 N–H and O–H groups in total. The lowest BCUT2D eigenvalue weighted by atomic mass is 10.3. The first-order valence-corrected chi connectivity index (χ1v) is 4.09. The zero-order valence-electron chi connectivity index (χ0n) is 7.82. The maximum Gasteiger partial charge on any atom is 0.303 e. The van der Waals surface area contributed by atoms with Crippen LogP contribution in [0.3, 0.4) is 0 Å². The lowest BCUT2D eigenvalue weighted by Gasteiger charge is -1.89. The van der Waals surface area contributed by atoms with Crippen molar-refractivity contribution in [3.63, 3.8) is 0 Å². The summed E-state index contributed by atoms with van der Waals surface area (Å²) in [6.07, 6.45) is 6.69. The topological polar surface area (TPSA) is 39.4 Å². The van der Waals surface area contributed by atoms with Gasteiger partial charge in [0.1, 0.15) is 0 Å². The molecule has 0 aliphatic rings. The van der Waals surface area contributed by atoms with Crippen LogP contribution in [0.15, 0.2) is 29.1 Å². The van der Waals surface area contributed by atoms with Crippen molar-refractivity contribution in [3.8, 4) is 11.8 Å². The molecular formula is C11H10O3. The molecule has 0 amide bonds. The lowest BCUT2D eigenvalue weighted by Crippen LogP contribution is -1.97. The molecule has 3 heteroatoms. The summed E-state index contributed by atoms with van der Waals surface area (Å²) in [5.74, 6) is 5.08. The number of allylic oxidation sites excluding steroid dienone is 1. The van der Waals surface area contributed by atoms with E-state index in [2.05, 4.69) is 16.6 Å². The van der Waals surface area contributed by atoms with Gasteiger partial charge in [0.25, 0.3) is 0 Å². The second-order valence-electron chi connectivity index (χ2n) is 2.49. The Morgan fingerprint density at radius 3 is 3.21 bits per heavy atom. The molecule has 72 valence electrons. The third-order valence-electron chi connectivity index (χ3n) is 1.35. The summed E-state index contributed by atoms with van der Waals surface area (Å²) < 4.78 is 9.47. The summed E-state index contributed by atoms with van der Waals surface area (Å²) in [6.45, 7) is 1.48. The first-order chi connectivity index (χ1) is 6.79. The highest BCUT2D eigenvalue weighted by molar-refractivity contribution is 5.66. The second kappa shape index (κ2) is 5.65. The Morgan fingerprint density at radius 1 is 1.71 bits per heavy atom. The number of furan rings is 1. The second-order valence-corrected chi connectivity index (χ2v) is 2.49. The van der Waals surface area contributed by atoms with Gasteiger partial charge in [-0.1, -0.05) is 11.8 Å². The fraction of sp³-hybridized carbons (Fsp3) is 0.182. The summed E-state index contributed by atoms with van der Waals surface area (Å²) in [4.78, 5) is 10.3. The highest BCUT2D eigenvalue weighted by Gasteiger charge is 1.85. The number of carbonyl (C=O) groups excluding carboxylic acids is 1. The van der Waals surface area contributed by atoms with Gasteiger partial charge in [0.05, 0.1) is 12.5 Å². The SMILES string of the molecule is CC(=O)OCC#C/C=C\c1ccoc1. The van der Waals surface area contributed by atoms with Gasteiger partial charge in [-0.05, 0) is 18.2 Å². The normalized spacial score (nSPS) is 9.50. The molecule has 0 atom stereocenters. The molecule has 0 aliphatic carbocycles. The van der Waals surface area contributed by atoms with E-state index in [1.807, 2.05) is 12.1 Å². The summed E-state index contributed by atoms with van der Waals surface area (Å²) in [5, 5.41) is 0. The number of carbonyl (C=O) groups is 1. The van der Waals surface area contributed by atoms with Crippen molar-refractivity contribution in [3.05, 3.63) is 30.2 Å². The minimum atomic E-state index is -0.321. The Hall–Kier alpha value is -1.95.